The molecule has 0 unspecified atom stereocenters. The third-order valence-electron chi connectivity index (χ3n) is 3.39. The lowest BCUT2D eigenvalue weighted by Gasteiger charge is -2.20. The molecule has 1 heterocycles. The summed E-state index contributed by atoms with van der Waals surface area (Å²) in [7, 11) is 0. The van der Waals surface area contributed by atoms with Crippen molar-refractivity contribution in [2.24, 2.45) is 0 Å². The van der Waals surface area contributed by atoms with Gasteiger partial charge in [0.05, 0.1) is 16.3 Å². The Bertz CT molecular complexity index is 726. The fourth-order valence-electron chi connectivity index (χ4n) is 2.32. The molecule has 4 nitrogen and oxygen atoms in total. The van der Waals surface area contributed by atoms with Crippen molar-refractivity contribution < 1.29 is 9.59 Å². The van der Waals surface area contributed by atoms with E-state index >= 15 is 0 Å². The van der Waals surface area contributed by atoms with E-state index in [4.69, 9.17) is 11.6 Å². The summed E-state index contributed by atoms with van der Waals surface area (Å²) in [5, 5.41) is 3.05. The number of carbonyl (C=O) groups is 2. The van der Waals surface area contributed by atoms with E-state index in [0.717, 1.165) is 5.56 Å². The average Bonchev–Trinajstić information content (AvgIpc) is 2.57. The molecule has 2 aromatic rings. The third-order valence-corrected chi connectivity index (χ3v) is 3.71. The standard InChI is InChI=1S/C16H13ClN2O2/c1-10-5-7-11(8-6-10)19-9-14(20)18-13-4-2-3-12(17)15(13)16(19)21/h2-8H,9H2,1H3,(H,18,20). The van der Waals surface area contributed by atoms with Crippen molar-refractivity contribution in [1.82, 2.24) is 0 Å². The van der Waals surface area contributed by atoms with E-state index in [9.17, 15) is 9.59 Å². The van der Waals surface area contributed by atoms with Crippen LogP contribution in [0.3, 0.4) is 0 Å². The van der Waals surface area contributed by atoms with Gasteiger partial charge in [-0.25, -0.2) is 0 Å². The van der Waals surface area contributed by atoms with E-state index in [-0.39, 0.29) is 18.4 Å². The van der Waals surface area contributed by atoms with Crippen molar-refractivity contribution in [3.8, 4) is 0 Å². The molecule has 0 saturated heterocycles. The summed E-state index contributed by atoms with van der Waals surface area (Å²) < 4.78 is 0. The highest BCUT2D eigenvalue weighted by Crippen LogP contribution is 2.30. The van der Waals surface area contributed by atoms with E-state index in [1.807, 2.05) is 31.2 Å². The Kier molecular flexibility index (Phi) is 3.39. The molecule has 2 amide bonds. The van der Waals surface area contributed by atoms with Gasteiger partial charge in [-0.3, -0.25) is 14.5 Å². The van der Waals surface area contributed by atoms with Crippen LogP contribution in [0.2, 0.25) is 5.02 Å². The van der Waals surface area contributed by atoms with Crippen LogP contribution in [0, 0.1) is 6.92 Å². The summed E-state index contributed by atoms with van der Waals surface area (Å²) in [6.45, 7) is 1.93. The molecule has 0 aliphatic carbocycles. The van der Waals surface area contributed by atoms with Gasteiger partial charge < -0.3 is 5.32 Å². The second-order valence-corrected chi connectivity index (χ2v) is 5.34. The van der Waals surface area contributed by atoms with Crippen LogP contribution < -0.4 is 10.2 Å². The molecular weight excluding hydrogens is 288 g/mol. The van der Waals surface area contributed by atoms with Crippen LogP contribution in [-0.4, -0.2) is 18.4 Å². The molecule has 0 fully saturated rings. The fraction of sp³-hybridized carbons (Fsp3) is 0.125. The molecule has 0 bridgehead atoms. The predicted molar refractivity (Wildman–Crippen MR) is 82.9 cm³/mol. The number of amides is 2. The molecule has 1 aliphatic rings. The second-order valence-electron chi connectivity index (χ2n) is 4.94. The smallest absolute Gasteiger partial charge is 0.262 e. The number of nitrogens with one attached hydrogen (secondary N) is 1. The van der Waals surface area contributed by atoms with Crippen LogP contribution in [0.15, 0.2) is 42.5 Å². The van der Waals surface area contributed by atoms with E-state index in [0.29, 0.717) is 22.0 Å². The van der Waals surface area contributed by atoms with Gasteiger partial charge >= 0.3 is 0 Å². The van der Waals surface area contributed by atoms with Crippen molar-refractivity contribution in [3.05, 3.63) is 58.6 Å². The van der Waals surface area contributed by atoms with Crippen LogP contribution in [0.1, 0.15) is 15.9 Å². The maximum absolute atomic E-state index is 12.7. The van der Waals surface area contributed by atoms with Gasteiger partial charge in [-0.2, -0.15) is 0 Å². The second kappa shape index (κ2) is 5.22. The van der Waals surface area contributed by atoms with Gasteiger partial charge in [0.25, 0.3) is 5.91 Å². The summed E-state index contributed by atoms with van der Waals surface area (Å²) in [5.41, 5.74) is 2.54. The van der Waals surface area contributed by atoms with Crippen molar-refractivity contribution >= 4 is 34.8 Å². The van der Waals surface area contributed by atoms with Gasteiger partial charge in [0, 0.05) is 5.69 Å². The first-order chi connectivity index (χ1) is 10.1. The number of hydrogen-bond acceptors (Lipinski definition) is 2. The first-order valence-electron chi connectivity index (χ1n) is 6.53. The number of benzene rings is 2. The van der Waals surface area contributed by atoms with Gasteiger partial charge in [0.2, 0.25) is 5.91 Å². The molecule has 0 atom stereocenters. The Labute approximate surface area is 127 Å². The van der Waals surface area contributed by atoms with Crippen LogP contribution >= 0.6 is 11.6 Å². The van der Waals surface area contributed by atoms with E-state index < -0.39 is 0 Å². The minimum Gasteiger partial charge on any atom is -0.324 e. The maximum atomic E-state index is 12.7. The summed E-state index contributed by atoms with van der Waals surface area (Å²) in [5.74, 6) is -0.525. The van der Waals surface area contributed by atoms with Crippen LogP contribution in [0.25, 0.3) is 0 Å². The van der Waals surface area contributed by atoms with E-state index in [1.54, 1.807) is 18.2 Å². The molecule has 5 heteroatoms. The number of anilines is 2. The molecule has 1 aliphatic heterocycles. The van der Waals surface area contributed by atoms with Gasteiger partial charge in [-0.05, 0) is 31.2 Å². The Balaban J connectivity index is 2.11. The SMILES string of the molecule is Cc1ccc(N2CC(=O)Nc3cccc(Cl)c3C2=O)cc1. The minimum atomic E-state index is -0.280. The number of rotatable bonds is 1. The molecular formula is C16H13ClN2O2. The van der Waals surface area contributed by atoms with Crippen molar-refractivity contribution in [1.29, 1.82) is 0 Å². The quantitative estimate of drug-likeness (QED) is 0.879. The maximum Gasteiger partial charge on any atom is 0.262 e. The fourth-order valence-corrected chi connectivity index (χ4v) is 2.57. The monoisotopic (exact) mass is 300 g/mol. The van der Waals surface area contributed by atoms with E-state index in [1.165, 1.54) is 4.90 Å². The Morgan fingerprint density at radius 2 is 1.81 bits per heavy atom. The molecule has 2 aromatic carbocycles. The zero-order chi connectivity index (χ0) is 15.0. The van der Waals surface area contributed by atoms with E-state index in [2.05, 4.69) is 5.32 Å². The Morgan fingerprint density at radius 3 is 2.52 bits per heavy atom. The average molecular weight is 301 g/mol. The van der Waals surface area contributed by atoms with Gasteiger partial charge in [0.1, 0.15) is 6.54 Å². The highest BCUT2D eigenvalue weighted by Gasteiger charge is 2.29. The van der Waals surface area contributed by atoms with Crippen LogP contribution in [0.4, 0.5) is 11.4 Å². The largest absolute Gasteiger partial charge is 0.324 e. The molecule has 0 spiro atoms. The number of halogens is 1. The zero-order valence-electron chi connectivity index (χ0n) is 11.4. The molecule has 0 radical (unpaired) electrons. The van der Waals surface area contributed by atoms with Crippen LogP contribution in [0.5, 0.6) is 0 Å². The van der Waals surface area contributed by atoms with Crippen molar-refractivity contribution in [3.63, 3.8) is 0 Å². The molecule has 0 saturated carbocycles. The van der Waals surface area contributed by atoms with Gasteiger partial charge in [-0.15, -0.1) is 0 Å². The number of carbonyl (C=O) groups excluding carboxylic acids is 2. The molecule has 0 aromatic heterocycles. The number of nitrogens with zero attached hydrogens (tertiary/aromatic N) is 1. The lowest BCUT2D eigenvalue weighted by atomic mass is 10.1. The summed E-state index contributed by atoms with van der Waals surface area (Å²) in [6.07, 6.45) is 0. The Hall–Kier alpha value is -2.33. The third kappa shape index (κ3) is 2.50. The minimum absolute atomic E-state index is 0.0348. The first kappa shape index (κ1) is 13.6. The Morgan fingerprint density at radius 1 is 1.10 bits per heavy atom. The molecule has 3 rings (SSSR count). The zero-order valence-corrected chi connectivity index (χ0v) is 12.1. The number of aryl methyl sites for hydroxylation is 1. The lowest BCUT2D eigenvalue weighted by Crippen LogP contribution is -2.35. The summed E-state index contributed by atoms with van der Waals surface area (Å²) in [6, 6.07) is 12.5. The summed E-state index contributed by atoms with van der Waals surface area (Å²) in [4.78, 5) is 26.2. The normalized spacial score (nSPS) is 14.5. The molecule has 106 valence electrons. The van der Waals surface area contributed by atoms with Crippen LogP contribution in [-0.2, 0) is 4.79 Å². The molecule has 1 N–H and O–H groups in total. The topological polar surface area (TPSA) is 49.4 Å². The van der Waals surface area contributed by atoms with Gasteiger partial charge in [-0.1, -0.05) is 35.4 Å². The number of hydrogen-bond donors (Lipinski definition) is 1. The van der Waals surface area contributed by atoms with Crippen molar-refractivity contribution in [2.75, 3.05) is 16.8 Å². The first-order valence-corrected chi connectivity index (χ1v) is 6.91. The highest BCUT2D eigenvalue weighted by atomic mass is 35.5. The highest BCUT2D eigenvalue weighted by molar-refractivity contribution is 6.36. The number of fused-ring (bicyclic) bond motifs is 1. The summed E-state index contributed by atoms with van der Waals surface area (Å²) >= 11 is 6.14. The lowest BCUT2D eigenvalue weighted by molar-refractivity contribution is -0.114. The van der Waals surface area contributed by atoms with Gasteiger partial charge in [0.15, 0.2) is 0 Å². The predicted octanol–water partition coefficient (Wildman–Crippen LogP) is 3.25. The van der Waals surface area contributed by atoms with Crippen molar-refractivity contribution in [2.45, 2.75) is 6.92 Å². The molecule has 21 heavy (non-hydrogen) atoms.